The van der Waals surface area contributed by atoms with E-state index < -0.39 is 0 Å². The van der Waals surface area contributed by atoms with E-state index in [9.17, 15) is 4.79 Å². The third-order valence-electron chi connectivity index (χ3n) is 2.55. The number of hydrazine groups is 1. The van der Waals surface area contributed by atoms with Gasteiger partial charge in [0.25, 0.3) is 5.91 Å². The number of pyridine rings is 1. The Balaban J connectivity index is 2.61. The lowest BCUT2D eigenvalue weighted by Crippen LogP contribution is -2.28. The number of nitrogens with zero attached hydrogens (tertiary/aromatic N) is 2. The Morgan fingerprint density at radius 2 is 2.24 bits per heavy atom. The number of hydrogen-bond acceptors (Lipinski definition) is 4. The van der Waals surface area contributed by atoms with Gasteiger partial charge in [0.05, 0.1) is 5.56 Å². The standard InChI is InChI=1S/C12H20N4O/c1-9(2)6-7-16(3)12(17)10-4-5-11(15-13)14-8-10/h4-5,8-9H,6-7,13H2,1-3H3,(H,14,15). The van der Waals surface area contributed by atoms with Crippen molar-refractivity contribution in [3.63, 3.8) is 0 Å². The number of nitrogen functional groups attached to an aromatic ring is 1. The second-order valence-corrected chi connectivity index (χ2v) is 4.49. The summed E-state index contributed by atoms with van der Waals surface area (Å²) < 4.78 is 0. The van der Waals surface area contributed by atoms with E-state index in [1.54, 1.807) is 24.1 Å². The molecule has 0 unspecified atom stereocenters. The van der Waals surface area contributed by atoms with Crippen LogP contribution in [0.5, 0.6) is 0 Å². The summed E-state index contributed by atoms with van der Waals surface area (Å²) in [6.45, 7) is 5.04. The van der Waals surface area contributed by atoms with Crippen LogP contribution >= 0.6 is 0 Å². The maximum atomic E-state index is 12.0. The van der Waals surface area contributed by atoms with Gasteiger partial charge in [-0.2, -0.15) is 0 Å². The monoisotopic (exact) mass is 236 g/mol. The van der Waals surface area contributed by atoms with Crippen LogP contribution in [0.2, 0.25) is 0 Å². The maximum Gasteiger partial charge on any atom is 0.255 e. The lowest BCUT2D eigenvalue weighted by Gasteiger charge is -2.18. The first kappa shape index (κ1) is 13.4. The van der Waals surface area contributed by atoms with Gasteiger partial charge in [0, 0.05) is 19.8 Å². The number of rotatable bonds is 5. The molecule has 1 aromatic heterocycles. The number of nitrogens with one attached hydrogen (secondary N) is 1. The molecule has 0 aliphatic carbocycles. The third kappa shape index (κ3) is 4.03. The quantitative estimate of drug-likeness (QED) is 0.600. The predicted octanol–water partition coefficient (Wildman–Crippen LogP) is 1.49. The number of hydrogen-bond donors (Lipinski definition) is 2. The minimum atomic E-state index is -0.0123. The molecular weight excluding hydrogens is 216 g/mol. The van der Waals surface area contributed by atoms with Gasteiger partial charge in [-0.1, -0.05) is 13.8 Å². The van der Waals surface area contributed by atoms with Crippen molar-refractivity contribution < 1.29 is 4.79 Å². The van der Waals surface area contributed by atoms with Crippen molar-refractivity contribution in [3.8, 4) is 0 Å². The maximum absolute atomic E-state index is 12.0. The van der Waals surface area contributed by atoms with Crippen LogP contribution in [0.15, 0.2) is 18.3 Å². The Hall–Kier alpha value is -1.62. The molecule has 1 aromatic rings. The molecule has 0 aliphatic rings. The van der Waals surface area contributed by atoms with E-state index >= 15 is 0 Å². The molecule has 1 heterocycles. The largest absolute Gasteiger partial charge is 0.342 e. The molecule has 5 nitrogen and oxygen atoms in total. The van der Waals surface area contributed by atoms with E-state index in [1.165, 1.54) is 6.20 Å². The number of nitrogens with two attached hydrogens (primary N) is 1. The highest BCUT2D eigenvalue weighted by Gasteiger charge is 2.12. The fraction of sp³-hybridized carbons (Fsp3) is 0.500. The summed E-state index contributed by atoms with van der Waals surface area (Å²) in [5.74, 6) is 6.33. The molecule has 94 valence electrons. The first-order valence-corrected chi connectivity index (χ1v) is 5.72. The van der Waals surface area contributed by atoms with E-state index in [0.29, 0.717) is 17.3 Å². The molecule has 0 spiro atoms. The van der Waals surface area contributed by atoms with Crippen LogP contribution in [0, 0.1) is 5.92 Å². The first-order chi connectivity index (χ1) is 8.04. The van der Waals surface area contributed by atoms with E-state index in [-0.39, 0.29) is 5.91 Å². The van der Waals surface area contributed by atoms with Crippen molar-refractivity contribution in [1.82, 2.24) is 9.88 Å². The summed E-state index contributed by atoms with van der Waals surface area (Å²) >= 11 is 0. The van der Waals surface area contributed by atoms with Crippen LogP contribution in [0.3, 0.4) is 0 Å². The van der Waals surface area contributed by atoms with Crippen LogP contribution < -0.4 is 11.3 Å². The van der Waals surface area contributed by atoms with Crippen molar-refractivity contribution in [2.24, 2.45) is 11.8 Å². The second-order valence-electron chi connectivity index (χ2n) is 4.49. The molecule has 0 atom stereocenters. The molecule has 0 saturated heterocycles. The average molecular weight is 236 g/mol. The molecule has 0 saturated carbocycles. The zero-order valence-corrected chi connectivity index (χ0v) is 10.6. The van der Waals surface area contributed by atoms with E-state index in [1.807, 2.05) is 0 Å². The van der Waals surface area contributed by atoms with Crippen LogP contribution in [0.4, 0.5) is 5.82 Å². The summed E-state index contributed by atoms with van der Waals surface area (Å²) in [5.41, 5.74) is 3.01. The van der Waals surface area contributed by atoms with Gasteiger partial charge in [-0.3, -0.25) is 4.79 Å². The average Bonchev–Trinajstić information content (AvgIpc) is 2.35. The Kier molecular flexibility index (Phi) is 4.90. The van der Waals surface area contributed by atoms with Crippen LogP contribution in [0.25, 0.3) is 0 Å². The minimum absolute atomic E-state index is 0.0123. The fourth-order valence-electron chi connectivity index (χ4n) is 1.38. The van der Waals surface area contributed by atoms with Crippen LogP contribution in [-0.4, -0.2) is 29.4 Å². The van der Waals surface area contributed by atoms with Gasteiger partial charge in [-0.15, -0.1) is 0 Å². The molecular formula is C12H20N4O. The van der Waals surface area contributed by atoms with E-state index in [2.05, 4.69) is 24.3 Å². The molecule has 1 amide bonds. The summed E-state index contributed by atoms with van der Waals surface area (Å²) in [4.78, 5) is 17.7. The summed E-state index contributed by atoms with van der Waals surface area (Å²) in [5, 5.41) is 0. The third-order valence-corrected chi connectivity index (χ3v) is 2.55. The predicted molar refractivity (Wildman–Crippen MR) is 68.5 cm³/mol. The first-order valence-electron chi connectivity index (χ1n) is 5.72. The van der Waals surface area contributed by atoms with Crippen molar-refractivity contribution in [2.45, 2.75) is 20.3 Å². The second kappa shape index (κ2) is 6.20. The normalized spacial score (nSPS) is 10.4. The van der Waals surface area contributed by atoms with Gasteiger partial charge in [0.15, 0.2) is 0 Å². The van der Waals surface area contributed by atoms with Crippen LogP contribution in [-0.2, 0) is 0 Å². The molecule has 0 fully saturated rings. The van der Waals surface area contributed by atoms with Crippen molar-refractivity contribution in [2.75, 3.05) is 19.0 Å². The lowest BCUT2D eigenvalue weighted by atomic mass is 10.1. The number of anilines is 1. The summed E-state index contributed by atoms with van der Waals surface area (Å²) in [6, 6.07) is 3.40. The number of carbonyl (C=O) groups excluding carboxylic acids is 1. The highest BCUT2D eigenvalue weighted by molar-refractivity contribution is 5.93. The van der Waals surface area contributed by atoms with Crippen molar-refractivity contribution in [3.05, 3.63) is 23.9 Å². The Morgan fingerprint density at radius 3 is 2.71 bits per heavy atom. The van der Waals surface area contributed by atoms with E-state index in [4.69, 9.17) is 5.84 Å². The highest BCUT2D eigenvalue weighted by Crippen LogP contribution is 2.08. The minimum Gasteiger partial charge on any atom is -0.342 e. The molecule has 0 bridgehead atoms. The molecule has 17 heavy (non-hydrogen) atoms. The summed E-state index contributed by atoms with van der Waals surface area (Å²) in [7, 11) is 1.81. The Morgan fingerprint density at radius 1 is 1.53 bits per heavy atom. The lowest BCUT2D eigenvalue weighted by molar-refractivity contribution is 0.0789. The molecule has 1 rings (SSSR count). The molecule has 0 aromatic carbocycles. The van der Waals surface area contributed by atoms with Gasteiger partial charge in [0.1, 0.15) is 5.82 Å². The van der Waals surface area contributed by atoms with E-state index in [0.717, 1.165) is 13.0 Å². The molecule has 5 heteroatoms. The van der Waals surface area contributed by atoms with Gasteiger partial charge in [-0.25, -0.2) is 10.8 Å². The highest BCUT2D eigenvalue weighted by atomic mass is 16.2. The van der Waals surface area contributed by atoms with Crippen molar-refractivity contribution >= 4 is 11.7 Å². The van der Waals surface area contributed by atoms with Gasteiger partial charge in [-0.05, 0) is 24.5 Å². The topological polar surface area (TPSA) is 71.2 Å². The zero-order valence-electron chi connectivity index (χ0n) is 10.6. The van der Waals surface area contributed by atoms with Gasteiger partial charge < -0.3 is 10.3 Å². The molecule has 0 radical (unpaired) electrons. The van der Waals surface area contributed by atoms with Crippen molar-refractivity contribution in [1.29, 1.82) is 0 Å². The zero-order chi connectivity index (χ0) is 12.8. The number of amides is 1. The summed E-state index contributed by atoms with van der Waals surface area (Å²) in [6.07, 6.45) is 2.53. The Bertz CT molecular complexity index is 361. The van der Waals surface area contributed by atoms with Gasteiger partial charge >= 0.3 is 0 Å². The smallest absolute Gasteiger partial charge is 0.255 e. The Labute approximate surface area is 102 Å². The fourth-order valence-corrected chi connectivity index (χ4v) is 1.38. The molecule has 0 aliphatic heterocycles. The molecule has 3 N–H and O–H groups in total. The van der Waals surface area contributed by atoms with Crippen LogP contribution in [0.1, 0.15) is 30.6 Å². The number of carbonyl (C=O) groups is 1. The van der Waals surface area contributed by atoms with Gasteiger partial charge in [0.2, 0.25) is 0 Å². The SMILES string of the molecule is CC(C)CCN(C)C(=O)c1ccc(NN)nc1. The number of aromatic nitrogens is 1.